The van der Waals surface area contributed by atoms with Crippen LogP contribution in [0.4, 0.5) is 13.2 Å². The average molecular weight is 1280 g/mol. The number of carbonyl (C=O) groups excluding carboxylic acids is 7. The van der Waals surface area contributed by atoms with Gasteiger partial charge in [0.25, 0.3) is 0 Å². The smallest absolute Gasteiger partial charge is 0.374 e. The van der Waals surface area contributed by atoms with Crippen molar-refractivity contribution in [2.75, 3.05) is 7.11 Å². The van der Waals surface area contributed by atoms with E-state index in [2.05, 4.69) is 14.7 Å². The van der Waals surface area contributed by atoms with Gasteiger partial charge in [-0.3, -0.25) is 28.8 Å². The van der Waals surface area contributed by atoms with Crippen molar-refractivity contribution in [3.63, 3.8) is 0 Å². The van der Waals surface area contributed by atoms with Gasteiger partial charge in [0.1, 0.15) is 23.1 Å². The van der Waals surface area contributed by atoms with E-state index in [1.165, 1.54) is 36.4 Å². The van der Waals surface area contributed by atoms with E-state index in [0.29, 0.717) is 36.7 Å². The first kappa shape index (κ1) is 67.1. The number of aromatic nitrogens is 5. The molecule has 478 valence electrons. The van der Waals surface area contributed by atoms with Crippen molar-refractivity contribution >= 4 is 107 Å². The minimum atomic E-state index is -1.63. The molecule has 17 nitrogen and oxygen atoms in total. The number of para-hydroxylation sites is 5. The van der Waals surface area contributed by atoms with E-state index in [4.69, 9.17) is 10.2 Å². The van der Waals surface area contributed by atoms with Crippen molar-refractivity contribution < 1.29 is 71.3 Å². The fraction of sp³-hybridized carbons (Fsp3) is 0.107. The number of aromatic amines is 2. The molecule has 0 unspecified atom stereocenters. The minimum absolute atomic E-state index is 0.0308. The fourth-order valence-corrected chi connectivity index (χ4v) is 10.4. The van der Waals surface area contributed by atoms with Gasteiger partial charge in [-0.25, -0.2) is 27.6 Å². The number of halogens is 3. The molecular weight excluding hydrogens is 1220 g/mol. The third-order valence-corrected chi connectivity index (χ3v) is 15.1. The Labute approximate surface area is 540 Å². The number of nitrogens with one attached hydrogen (secondary N) is 2. The summed E-state index contributed by atoms with van der Waals surface area (Å²) in [6, 6.07) is 64.8. The standard InChI is InChI=1S/C20H16FNO4.C19H14FNO4.C17H14FNO.C10H9NO.C9H7NO2/c1-26-20(25)19(24)11-18(23)17-10-14-4-2-3-5-16(14)22(17)12-13-6-8-15(21)9-7-13;20-14-7-5-12(6-8-14)11-21-15-4-2-1-3-13(15)9-16(21)17(22)10-18(23)19(24)25;1-12(20)17-10-14-4-2-3-5-16(14)19(17)11-13-6-8-15(18)9-7-13;1-7(12)10-6-8-4-2-3-5-9(8)11-10;11-9(12)8-5-6-3-1-2-4-7(6)10-8/h2-10H,11-12H2,1H3;1-9H,10-11H2,(H,24,25);2-10H,11H2,1H3;2-6,11H,1H3;1-5,10H,(H,11,12). The molecule has 0 bridgehead atoms. The highest BCUT2D eigenvalue weighted by Crippen LogP contribution is 2.26. The van der Waals surface area contributed by atoms with Gasteiger partial charge in [0.2, 0.25) is 11.6 Å². The molecule has 13 aromatic rings. The van der Waals surface area contributed by atoms with Crippen LogP contribution in [0.2, 0.25) is 0 Å². The molecule has 0 saturated carbocycles. The monoisotopic (exact) mass is 1280 g/mol. The summed E-state index contributed by atoms with van der Waals surface area (Å²) < 4.78 is 49.0. The average Bonchev–Trinajstić information content (AvgIpc) is 1.70. The zero-order valence-corrected chi connectivity index (χ0v) is 51.3. The van der Waals surface area contributed by atoms with Crippen LogP contribution in [0.15, 0.2) is 224 Å². The Hall–Kier alpha value is -12.3. The molecule has 5 aromatic heterocycles. The van der Waals surface area contributed by atoms with Gasteiger partial charge < -0.3 is 38.6 Å². The molecule has 0 fully saturated rings. The van der Waals surface area contributed by atoms with Gasteiger partial charge in [-0.2, -0.15) is 0 Å². The van der Waals surface area contributed by atoms with Crippen molar-refractivity contribution in [3.8, 4) is 0 Å². The first-order valence-electron chi connectivity index (χ1n) is 29.5. The molecule has 0 spiro atoms. The van der Waals surface area contributed by atoms with Crippen LogP contribution in [0.25, 0.3) is 54.5 Å². The Balaban J connectivity index is 0.000000144. The van der Waals surface area contributed by atoms with Crippen molar-refractivity contribution in [1.29, 1.82) is 0 Å². The SMILES string of the molecule is CC(=O)c1cc2ccccc2[nH]1.CC(=O)c1cc2ccccc2n1Cc1ccc(F)cc1.COC(=O)C(=O)CC(=O)c1cc2ccccc2n1Cc1ccc(F)cc1.O=C(O)C(=O)CC(=O)c1cc2ccccc2n1Cc1ccc(F)cc1.O=C(O)c1cc2ccccc2[nH]1. The predicted molar refractivity (Wildman–Crippen MR) is 353 cm³/mol. The summed E-state index contributed by atoms with van der Waals surface area (Å²) >= 11 is 0. The summed E-state index contributed by atoms with van der Waals surface area (Å²) in [7, 11) is 1.09. The van der Waals surface area contributed by atoms with Gasteiger partial charge in [-0.05, 0) is 114 Å². The van der Waals surface area contributed by atoms with Crippen LogP contribution in [-0.4, -0.2) is 93.6 Å². The number of ketones is 6. The first-order valence-corrected chi connectivity index (χ1v) is 29.5. The lowest BCUT2D eigenvalue weighted by atomic mass is 10.1. The third-order valence-electron chi connectivity index (χ3n) is 15.1. The summed E-state index contributed by atoms with van der Waals surface area (Å²) in [4.78, 5) is 109. The summed E-state index contributed by atoms with van der Waals surface area (Å²) in [5.41, 5.74) is 9.18. The number of aromatic carboxylic acids is 1. The second-order valence-electron chi connectivity index (χ2n) is 21.7. The van der Waals surface area contributed by atoms with E-state index < -0.39 is 53.9 Å². The molecule has 20 heteroatoms. The van der Waals surface area contributed by atoms with Gasteiger partial charge in [0.15, 0.2) is 23.1 Å². The normalized spacial score (nSPS) is 10.7. The Kier molecular flexibility index (Phi) is 21.7. The lowest BCUT2D eigenvalue weighted by Gasteiger charge is -2.10. The maximum Gasteiger partial charge on any atom is 0.374 e. The zero-order valence-electron chi connectivity index (χ0n) is 51.3. The summed E-state index contributed by atoms with van der Waals surface area (Å²) in [5, 5.41) is 22.0. The molecule has 0 radical (unpaired) electrons. The van der Waals surface area contributed by atoms with Crippen LogP contribution in [0.1, 0.15) is 95.8 Å². The molecular formula is C75H60F3N5O12. The number of aliphatic carboxylic acids is 1. The van der Waals surface area contributed by atoms with Gasteiger partial charge in [0, 0.05) is 88.0 Å². The third kappa shape index (κ3) is 17.0. The highest BCUT2D eigenvalue weighted by Gasteiger charge is 2.25. The quantitative estimate of drug-likeness (QED) is 0.0288. The molecule has 8 aromatic carbocycles. The lowest BCUT2D eigenvalue weighted by Crippen LogP contribution is -2.21. The second-order valence-corrected chi connectivity index (χ2v) is 21.7. The van der Waals surface area contributed by atoms with Gasteiger partial charge in [-0.1, -0.05) is 127 Å². The number of H-pyrrole nitrogens is 2. The Morgan fingerprint density at radius 3 is 1.06 bits per heavy atom. The van der Waals surface area contributed by atoms with E-state index in [9.17, 15) is 56.3 Å². The van der Waals surface area contributed by atoms with Gasteiger partial charge in [0.05, 0.1) is 42.7 Å². The number of ether oxygens (including phenoxy) is 1. The largest absolute Gasteiger partial charge is 0.477 e. The number of carboxylic acid groups (broad SMARTS) is 2. The molecule has 0 amide bonds. The van der Waals surface area contributed by atoms with Crippen LogP contribution in [0, 0.1) is 17.5 Å². The Morgan fingerprint density at radius 2 is 0.716 bits per heavy atom. The van der Waals surface area contributed by atoms with Crippen molar-refractivity contribution in [2.45, 2.75) is 46.3 Å². The number of Topliss-reactive ketones (excluding diaryl/α,β-unsaturated/α-hetero) is 6. The van der Waals surface area contributed by atoms with E-state index in [-0.39, 0.29) is 40.4 Å². The van der Waals surface area contributed by atoms with Crippen LogP contribution in [-0.2, 0) is 43.5 Å². The number of fused-ring (bicyclic) bond motifs is 5. The number of hydrogen-bond donors (Lipinski definition) is 4. The number of carboxylic acids is 2. The molecule has 95 heavy (non-hydrogen) atoms. The Morgan fingerprint density at radius 1 is 0.389 bits per heavy atom. The number of nitrogens with zero attached hydrogens (tertiary/aromatic N) is 3. The van der Waals surface area contributed by atoms with Crippen molar-refractivity contribution in [2.24, 2.45) is 0 Å². The molecule has 5 heterocycles. The highest BCUT2D eigenvalue weighted by molar-refractivity contribution is 6.38. The van der Waals surface area contributed by atoms with Crippen LogP contribution >= 0.6 is 0 Å². The minimum Gasteiger partial charge on any atom is -0.477 e. The molecule has 4 N–H and O–H groups in total. The van der Waals surface area contributed by atoms with Crippen molar-refractivity contribution in [1.82, 2.24) is 23.7 Å². The van der Waals surface area contributed by atoms with E-state index in [1.807, 2.05) is 138 Å². The van der Waals surface area contributed by atoms with Crippen LogP contribution in [0.3, 0.4) is 0 Å². The first-order chi connectivity index (χ1) is 45.6. The number of esters is 1. The zero-order chi connectivity index (χ0) is 67.9. The highest BCUT2D eigenvalue weighted by atomic mass is 19.1. The van der Waals surface area contributed by atoms with E-state index in [0.717, 1.165) is 78.3 Å². The lowest BCUT2D eigenvalue weighted by molar-refractivity contribution is -0.151. The molecule has 0 saturated heterocycles. The second kappa shape index (κ2) is 30.7. The molecule has 13 rings (SSSR count). The fourth-order valence-electron chi connectivity index (χ4n) is 10.4. The topological polar surface area (TPSA) is 250 Å². The molecule has 0 aliphatic heterocycles. The number of methoxy groups -OCH3 is 1. The van der Waals surface area contributed by atoms with Crippen LogP contribution in [0.5, 0.6) is 0 Å². The van der Waals surface area contributed by atoms with Gasteiger partial charge >= 0.3 is 17.9 Å². The Bertz CT molecular complexity index is 4870. The molecule has 0 aliphatic rings. The number of benzene rings is 8. The number of carbonyl (C=O) groups is 9. The van der Waals surface area contributed by atoms with Crippen LogP contribution < -0.4 is 0 Å². The molecule has 0 atom stereocenters. The summed E-state index contributed by atoms with van der Waals surface area (Å²) in [5.74, 6) is -7.52. The van der Waals surface area contributed by atoms with Gasteiger partial charge in [-0.15, -0.1) is 0 Å². The van der Waals surface area contributed by atoms with E-state index >= 15 is 0 Å². The maximum absolute atomic E-state index is 13.1. The molecule has 0 aliphatic carbocycles. The van der Waals surface area contributed by atoms with E-state index in [1.54, 1.807) is 77.6 Å². The number of hydrogen-bond acceptors (Lipinski definition) is 10. The summed E-state index contributed by atoms with van der Waals surface area (Å²) in [6.45, 7) is 4.32. The number of rotatable bonds is 17. The maximum atomic E-state index is 13.1. The predicted octanol–water partition coefficient (Wildman–Crippen LogP) is 14.5. The summed E-state index contributed by atoms with van der Waals surface area (Å²) in [6.07, 6.45) is -1.26. The van der Waals surface area contributed by atoms with Crippen molar-refractivity contribution in [3.05, 3.63) is 287 Å².